The van der Waals surface area contributed by atoms with E-state index in [0.29, 0.717) is 36.2 Å². The summed E-state index contributed by atoms with van der Waals surface area (Å²) in [4.78, 5) is 25.5. The van der Waals surface area contributed by atoms with E-state index in [-0.39, 0.29) is 29.8 Å². The van der Waals surface area contributed by atoms with Gasteiger partial charge in [-0.05, 0) is 12.8 Å². The van der Waals surface area contributed by atoms with Crippen LogP contribution in [0, 0.1) is 12.8 Å². The average molecular weight is 430 g/mol. The van der Waals surface area contributed by atoms with E-state index in [1.165, 1.54) is 0 Å². The van der Waals surface area contributed by atoms with Crippen molar-refractivity contribution in [1.82, 2.24) is 20.0 Å². The maximum absolute atomic E-state index is 12.5. The second kappa shape index (κ2) is 8.08. The lowest BCUT2D eigenvalue weighted by atomic mass is 9.99. The molecule has 0 radical (unpaired) electrons. The molecule has 1 fully saturated rings. The number of aliphatic hydroxyl groups excluding tert-OH is 1. The molecule has 168 valence electrons. The number of carbonyl (C=O) groups excluding carboxylic acids is 1. The Labute approximate surface area is 182 Å². The maximum atomic E-state index is 12.5. The number of carbonyl (C=O) groups is 1. The molecule has 2 atom stereocenters. The summed E-state index contributed by atoms with van der Waals surface area (Å²) >= 11 is 0. The van der Waals surface area contributed by atoms with Crippen LogP contribution in [-0.4, -0.2) is 63.3 Å². The van der Waals surface area contributed by atoms with Crippen molar-refractivity contribution in [2.24, 2.45) is 5.92 Å². The number of nitrogens with zero attached hydrogens (tertiary/aromatic N) is 5. The number of hydrogen-bond acceptors (Lipinski definition) is 9. The zero-order valence-corrected chi connectivity index (χ0v) is 18.9. The van der Waals surface area contributed by atoms with Crippen LogP contribution >= 0.6 is 0 Å². The molecule has 3 N–H and O–H groups in total. The number of aromatic nitrogens is 3. The molecule has 10 heteroatoms. The second-order valence-electron chi connectivity index (χ2n) is 9.10. The SMILES string of the molecule is Cc1nc(NC2CN(C(O)c3cc(C(C)C)on3)C2)nc2c1NC(=O)[C@H](C(C)C)N2C. The first-order chi connectivity index (χ1) is 14.7. The highest BCUT2D eigenvalue weighted by Crippen LogP contribution is 2.34. The van der Waals surface area contributed by atoms with E-state index in [1.807, 2.05) is 51.5 Å². The van der Waals surface area contributed by atoms with Crippen molar-refractivity contribution in [2.75, 3.05) is 35.7 Å². The van der Waals surface area contributed by atoms with Gasteiger partial charge in [-0.25, -0.2) is 4.98 Å². The van der Waals surface area contributed by atoms with E-state index >= 15 is 0 Å². The highest BCUT2D eigenvalue weighted by Gasteiger charge is 2.37. The van der Waals surface area contributed by atoms with Crippen LogP contribution in [-0.2, 0) is 4.79 Å². The van der Waals surface area contributed by atoms with Gasteiger partial charge in [0.1, 0.15) is 23.2 Å². The summed E-state index contributed by atoms with van der Waals surface area (Å²) in [6.45, 7) is 11.2. The summed E-state index contributed by atoms with van der Waals surface area (Å²) in [6.07, 6.45) is -0.798. The molecule has 0 saturated carbocycles. The first-order valence-electron chi connectivity index (χ1n) is 10.7. The lowest BCUT2D eigenvalue weighted by Gasteiger charge is -2.42. The van der Waals surface area contributed by atoms with Gasteiger partial charge in [-0.1, -0.05) is 32.9 Å². The maximum Gasteiger partial charge on any atom is 0.247 e. The number of hydrogen-bond donors (Lipinski definition) is 3. The Kier molecular flexibility index (Phi) is 5.61. The van der Waals surface area contributed by atoms with Gasteiger partial charge in [-0.3, -0.25) is 9.69 Å². The average Bonchev–Trinajstić information content (AvgIpc) is 3.15. The van der Waals surface area contributed by atoms with Crippen LogP contribution in [0.5, 0.6) is 0 Å². The zero-order chi connectivity index (χ0) is 22.4. The first-order valence-corrected chi connectivity index (χ1v) is 10.7. The number of likely N-dealkylation sites (tertiary alicyclic amines) is 1. The molecular formula is C21H31N7O3. The van der Waals surface area contributed by atoms with Gasteiger partial charge in [0, 0.05) is 32.1 Å². The normalized spacial score (nSPS) is 20.6. The van der Waals surface area contributed by atoms with E-state index in [1.54, 1.807) is 6.07 Å². The van der Waals surface area contributed by atoms with Gasteiger partial charge in [-0.2, -0.15) is 4.98 Å². The summed E-state index contributed by atoms with van der Waals surface area (Å²) in [6, 6.07) is 1.64. The minimum Gasteiger partial charge on any atom is -0.372 e. The molecule has 2 aliphatic rings. The van der Waals surface area contributed by atoms with E-state index in [0.717, 1.165) is 11.5 Å². The Morgan fingerprint density at radius 1 is 1.26 bits per heavy atom. The summed E-state index contributed by atoms with van der Waals surface area (Å²) in [5.41, 5.74) is 1.91. The van der Waals surface area contributed by atoms with Gasteiger partial charge < -0.3 is 25.2 Å². The largest absolute Gasteiger partial charge is 0.372 e. The van der Waals surface area contributed by atoms with Gasteiger partial charge >= 0.3 is 0 Å². The molecule has 0 spiro atoms. The third kappa shape index (κ3) is 3.97. The summed E-state index contributed by atoms with van der Waals surface area (Å²) in [7, 11) is 1.89. The van der Waals surface area contributed by atoms with Crippen molar-refractivity contribution < 1.29 is 14.4 Å². The van der Waals surface area contributed by atoms with Crippen LogP contribution < -0.4 is 15.5 Å². The number of aryl methyl sites for hydroxylation is 1. The van der Waals surface area contributed by atoms with Crippen molar-refractivity contribution in [3.05, 3.63) is 23.2 Å². The Morgan fingerprint density at radius 2 is 1.97 bits per heavy atom. The van der Waals surface area contributed by atoms with E-state index < -0.39 is 6.23 Å². The molecule has 2 aromatic rings. The van der Waals surface area contributed by atoms with Crippen molar-refractivity contribution in [3.63, 3.8) is 0 Å². The molecule has 2 aromatic heterocycles. The first kappa shape index (κ1) is 21.5. The molecule has 31 heavy (non-hydrogen) atoms. The Balaban J connectivity index is 1.42. The fraction of sp³-hybridized carbons (Fsp3) is 0.619. The highest BCUT2D eigenvalue weighted by molar-refractivity contribution is 6.03. The minimum atomic E-state index is -0.798. The third-order valence-corrected chi connectivity index (χ3v) is 5.94. The molecule has 0 aliphatic carbocycles. The van der Waals surface area contributed by atoms with Crippen LogP contribution in [0.2, 0.25) is 0 Å². The van der Waals surface area contributed by atoms with Crippen molar-refractivity contribution in [3.8, 4) is 0 Å². The molecule has 1 unspecified atom stereocenters. The predicted molar refractivity (Wildman–Crippen MR) is 117 cm³/mol. The van der Waals surface area contributed by atoms with Crippen LogP contribution in [0.4, 0.5) is 17.5 Å². The lowest BCUT2D eigenvalue weighted by Crippen LogP contribution is -2.56. The highest BCUT2D eigenvalue weighted by atomic mass is 16.5. The van der Waals surface area contributed by atoms with Crippen molar-refractivity contribution in [2.45, 2.75) is 58.8 Å². The molecular weight excluding hydrogens is 398 g/mol. The van der Waals surface area contributed by atoms with Gasteiger partial charge in [0.05, 0.1) is 11.7 Å². The number of aliphatic hydroxyl groups is 1. The predicted octanol–water partition coefficient (Wildman–Crippen LogP) is 2.10. The standard InChI is InChI=1S/C21H31N7O3/c1-10(2)15-7-14(26-31-15)20(30)28-8-13(9-28)23-21-22-12(5)16-18(25-21)27(6)17(11(3)4)19(29)24-16/h7,10-11,13,17,20,30H,8-9H2,1-6H3,(H,24,29)(H,22,23,25)/t17-,20?/m0/s1. The zero-order valence-electron chi connectivity index (χ0n) is 18.9. The molecule has 4 heterocycles. The number of nitrogens with one attached hydrogen (secondary N) is 2. The smallest absolute Gasteiger partial charge is 0.247 e. The van der Waals surface area contributed by atoms with Gasteiger partial charge in [0.2, 0.25) is 11.9 Å². The Hall–Kier alpha value is -2.72. The number of fused-ring (bicyclic) bond motifs is 1. The third-order valence-electron chi connectivity index (χ3n) is 5.94. The Morgan fingerprint density at radius 3 is 2.58 bits per heavy atom. The van der Waals surface area contributed by atoms with E-state index in [4.69, 9.17) is 4.52 Å². The molecule has 4 rings (SSSR count). The molecule has 1 amide bonds. The second-order valence-corrected chi connectivity index (χ2v) is 9.10. The number of amides is 1. The van der Waals surface area contributed by atoms with Crippen molar-refractivity contribution >= 4 is 23.4 Å². The molecule has 0 bridgehead atoms. The van der Waals surface area contributed by atoms with Crippen LogP contribution in [0.15, 0.2) is 10.6 Å². The number of anilines is 3. The topological polar surface area (TPSA) is 120 Å². The van der Waals surface area contributed by atoms with Crippen molar-refractivity contribution in [1.29, 1.82) is 0 Å². The molecule has 2 aliphatic heterocycles. The summed E-state index contributed by atoms with van der Waals surface area (Å²) in [5, 5.41) is 20.9. The van der Waals surface area contributed by atoms with Crippen LogP contribution in [0.25, 0.3) is 0 Å². The van der Waals surface area contributed by atoms with Gasteiger partial charge in [0.25, 0.3) is 0 Å². The van der Waals surface area contributed by atoms with Crippen LogP contribution in [0.1, 0.15) is 57.0 Å². The van der Waals surface area contributed by atoms with E-state index in [9.17, 15) is 9.90 Å². The number of rotatable bonds is 6. The molecule has 0 aromatic carbocycles. The molecule has 1 saturated heterocycles. The summed E-state index contributed by atoms with van der Waals surface area (Å²) in [5.74, 6) is 2.34. The quantitative estimate of drug-likeness (QED) is 0.634. The minimum absolute atomic E-state index is 0.0329. The fourth-order valence-electron chi connectivity index (χ4n) is 4.15. The number of likely N-dealkylation sites (N-methyl/N-ethyl adjacent to an activating group) is 1. The molecule has 10 nitrogen and oxygen atoms in total. The van der Waals surface area contributed by atoms with Gasteiger partial charge in [0.15, 0.2) is 12.0 Å². The monoisotopic (exact) mass is 429 g/mol. The van der Waals surface area contributed by atoms with Crippen LogP contribution in [0.3, 0.4) is 0 Å². The van der Waals surface area contributed by atoms with E-state index in [2.05, 4.69) is 25.8 Å². The summed E-state index contributed by atoms with van der Waals surface area (Å²) < 4.78 is 5.29. The lowest BCUT2D eigenvalue weighted by molar-refractivity contribution is -0.118. The van der Waals surface area contributed by atoms with Gasteiger partial charge in [-0.15, -0.1) is 0 Å². The fourth-order valence-corrected chi connectivity index (χ4v) is 4.15. The Bertz CT molecular complexity index is 968.